The van der Waals surface area contributed by atoms with Crippen molar-refractivity contribution in [2.75, 3.05) is 19.6 Å². The number of carbonyl (C=O) groups is 1. The maximum atomic E-state index is 11.9. The van der Waals surface area contributed by atoms with Gasteiger partial charge in [0.05, 0.1) is 6.54 Å². The Kier molecular flexibility index (Phi) is 10.8. The molecule has 1 atom stereocenters. The van der Waals surface area contributed by atoms with Gasteiger partial charge in [-0.15, -0.1) is 41.9 Å². The van der Waals surface area contributed by atoms with E-state index in [2.05, 4.69) is 40.6 Å². The summed E-state index contributed by atoms with van der Waals surface area (Å²) in [6.07, 6.45) is 5.46. The second-order valence-electron chi connectivity index (χ2n) is 5.88. The zero-order chi connectivity index (χ0) is 17.2. The summed E-state index contributed by atoms with van der Waals surface area (Å²) >= 11 is 1.71. The van der Waals surface area contributed by atoms with Gasteiger partial charge in [-0.2, -0.15) is 0 Å². The third kappa shape index (κ3) is 7.35. The van der Waals surface area contributed by atoms with Crippen molar-refractivity contribution in [1.82, 2.24) is 15.5 Å². The molecule has 140 valence electrons. The molecule has 1 aliphatic heterocycles. The van der Waals surface area contributed by atoms with E-state index in [4.69, 9.17) is 0 Å². The number of hydrogen-bond acceptors (Lipinski definition) is 3. The van der Waals surface area contributed by atoms with Gasteiger partial charge >= 0.3 is 0 Å². The van der Waals surface area contributed by atoms with E-state index in [1.54, 1.807) is 11.3 Å². The van der Waals surface area contributed by atoms with E-state index in [-0.39, 0.29) is 24.0 Å². The number of aliphatic imine (C=N–C) groups is 1. The SMILES string of the molecule is C=CCNC(=NCc1cccs1)NCCC(CC)N1CCCC1=O.I. The van der Waals surface area contributed by atoms with Crippen molar-refractivity contribution in [2.24, 2.45) is 4.99 Å². The molecule has 7 heteroatoms. The number of nitrogens with zero attached hydrogens (tertiary/aromatic N) is 2. The molecule has 2 heterocycles. The Morgan fingerprint density at radius 2 is 2.36 bits per heavy atom. The van der Waals surface area contributed by atoms with Crippen molar-refractivity contribution in [3.63, 3.8) is 0 Å². The molecule has 0 aromatic carbocycles. The highest BCUT2D eigenvalue weighted by Gasteiger charge is 2.26. The van der Waals surface area contributed by atoms with E-state index in [9.17, 15) is 4.79 Å². The smallest absolute Gasteiger partial charge is 0.222 e. The average molecular weight is 476 g/mol. The molecular formula is C18H29IN4OS. The van der Waals surface area contributed by atoms with E-state index in [0.29, 0.717) is 31.5 Å². The van der Waals surface area contributed by atoms with Gasteiger partial charge in [-0.3, -0.25) is 4.79 Å². The highest BCUT2D eigenvalue weighted by molar-refractivity contribution is 14.0. The summed E-state index contributed by atoms with van der Waals surface area (Å²) in [5, 5.41) is 8.69. The molecule has 1 fully saturated rings. The van der Waals surface area contributed by atoms with Crippen molar-refractivity contribution in [3.05, 3.63) is 35.0 Å². The third-order valence-electron chi connectivity index (χ3n) is 4.18. The lowest BCUT2D eigenvalue weighted by Crippen LogP contribution is -2.42. The number of hydrogen-bond donors (Lipinski definition) is 2. The lowest BCUT2D eigenvalue weighted by atomic mass is 10.1. The summed E-state index contributed by atoms with van der Waals surface area (Å²) in [7, 11) is 0. The Bertz CT molecular complexity index is 547. The number of guanidine groups is 1. The van der Waals surface area contributed by atoms with Gasteiger partial charge in [-0.05, 0) is 30.7 Å². The second kappa shape index (κ2) is 12.3. The van der Waals surface area contributed by atoms with Gasteiger partial charge < -0.3 is 15.5 Å². The van der Waals surface area contributed by atoms with Crippen LogP contribution in [0.5, 0.6) is 0 Å². The highest BCUT2D eigenvalue weighted by atomic mass is 127. The largest absolute Gasteiger partial charge is 0.356 e. The van der Waals surface area contributed by atoms with Crippen LogP contribution in [-0.4, -0.2) is 42.4 Å². The third-order valence-corrected chi connectivity index (χ3v) is 5.04. The fraction of sp³-hybridized carbons (Fsp3) is 0.556. The van der Waals surface area contributed by atoms with Crippen LogP contribution in [0.4, 0.5) is 0 Å². The molecule has 2 rings (SSSR count). The lowest BCUT2D eigenvalue weighted by Gasteiger charge is -2.27. The fourth-order valence-corrected chi connectivity index (χ4v) is 3.52. The first kappa shape index (κ1) is 22.0. The quantitative estimate of drug-likeness (QED) is 0.249. The number of amides is 1. The van der Waals surface area contributed by atoms with Crippen LogP contribution >= 0.6 is 35.3 Å². The maximum Gasteiger partial charge on any atom is 0.222 e. The molecular weight excluding hydrogens is 447 g/mol. The number of thiophene rings is 1. The maximum absolute atomic E-state index is 11.9. The van der Waals surface area contributed by atoms with Crippen molar-refractivity contribution >= 4 is 47.2 Å². The van der Waals surface area contributed by atoms with Crippen molar-refractivity contribution in [3.8, 4) is 0 Å². The van der Waals surface area contributed by atoms with Crippen LogP contribution < -0.4 is 10.6 Å². The molecule has 1 aromatic heterocycles. The van der Waals surface area contributed by atoms with Crippen LogP contribution in [0.25, 0.3) is 0 Å². The number of halogens is 1. The number of carbonyl (C=O) groups excluding carboxylic acids is 1. The van der Waals surface area contributed by atoms with Crippen LogP contribution in [0.2, 0.25) is 0 Å². The molecule has 1 saturated heterocycles. The molecule has 5 nitrogen and oxygen atoms in total. The fourth-order valence-electron chi connectivity index (χ4n) is 2.90. The zero-order valence-corrected chi connectivity index (χ0v) is 18.0. The minimum atomic E-state index is 0. The summed E-state index contributed by atoms with van der Waals surface area (Å²) in [4.78, 5) is 19.8. The van der Waals surface area contributed by atoms with Crippen LogP contribution in [0.3, 0.4) is 0 Å². The summed E-state index contributed by atoms with van der Waals surface area (Å²) in [5.74, 6) is 1.10. The van der Waals surface area contributed by atoms with Crippen LogP contribution in [0.15, 0.2) is 35.2 Å². The van der Waals surface area contributed by atoms with Crippen LogP contribution in [0.1, 0.15) is 37.5 Å². The van der Waals surface area contributed by atoms with E-state index >= 15 is 0 Å². The molecule has 2 N–H and O–H groups in total. The summed E-state index contributed by atoms with van der Waals surface area (Å²) < 4.78 is 0. The lowest BCUT2D eigenvalue weighted by molar-refractivity contribution is -0.129. The van der Waals surface area contributed by atoms with Crippen LogP contribution in [0, 0.1) is 0 Å². The predicted octanol–water partition coefficient (Wildman–Crippen LogP) is 3.38. The molecule has 0 radical (unpaired) electrons. The normalized spacial score (nSPS) is 15.6. The van der Waals surface area contributed by atoms with Gasteiger partial charge in [0.25, 0.3) is 0 Å². The Hall–Kier alpha value is -1.09. The van der Waals surface area contributed by atoms with E-state index in [1.165, 1.54) is 4.88 Å². The number of rotatable bonds is 9. The van der Waals surface area contributed by atoms with Crippen molar-refractivity contribution < 1.29 is 4.79 Å². The van der Waals surface area contributed by atoms with Gasteiger partial charge in [0, 0.05) is 37.0 Å². The number of likely N-dealkylation sites (tertiary alicyclic amines) is 1. The second-order valence-corrected chi connectivity index (χ2v) is 6.91. The molecule has 0 aliphatic carbocycles. The molecule has 1 amide bonds. The minimum absolute atomic E-state index is 0. The minimum Gasteiger partial charge on any atom is -0.356 e. The van der Waals surface area contributed by atoms with Crippen molar-refractivity contribution in [2.45, 2.75) is 45.2 Å². The van der Waals surface area contributed by atoms with Gasteiger partial charge in [-0.25, -0.2) is 4.99 Å². The van der Waals surface area contributed by atoms with Gasteiger partial charge in [-0.1, -0.05) is 19.1 Å². The topological polar surface area (TPSA) is 56.7 Å². The molecule has 1 unspecified atom stereocenters. The van der Waals surface area contributed by atoms with Gasteiger partial charge in [0.1, 0.15) is 0 Å². The zero-order valence-electron chi connectivity index (χ0n) is 14.9. The Labute approximate surface area is 172 Å². The Morgan fingerprint density at radius 3 is 2.96 bits per heavy atom. The first-order valence-electron chi connectivity index (χ1n) is 8.69. The Morgan fingerprint density at radius 1 is 1.52 bits per heavy atom. The van der Waals surface area contributed by atoms with Gasteiger partial charge in [0.2, 0.25) is 5.91 Å². The molecule has 0 saturated carbocycles. The standard InChI is InChI=1S/C18H28N4OS.HI/c1-3-10-19-18(21-14-16-7-6-13-24-16)20-11-9-15(4-2)22-12-5-8-17(22)23;/h3,6-7,13,15H,1,4-5,8-12,14H2,2H3,(H2,19,20,21);1H. The monoisotopic (exact) mass is 476 g/mol. The first-order chi connectivity index (χ1) is 11.7. The van der Waals surface area contributed by atoms with Gasteiger partial charge in [0.15, 0.2) is 5.96 Å². The summed E-state index contributed by atoms with van der Waals surface area (Å²) in [6, 6.07) is 4.45. The van der Waals surface area contributed by atoms with E-state index in [0.717, 1.165) is 38.3 Å². The van der Waals surface area contributed by atoms with E-state index in [1.807, 2.05) is 17.0 Å². The first-order valence-corrected chi connectivity index (χ1v) is 9.57. The molecule has 0 bridgehead atoms. The summed E-state index contributed by atoms with van der Waals surface area (Å²) in [5.41, 5.74) is 0. The number of nitrogens with one attached hydrogen (secondary N) is 2. The van der Waals surface area contributed by atoms with E-state index < -0.39 is 0 Å². The highest BCUT2D eigenvalue weighted by Crippen LogP contribution is 2.17. The average Bonchev–Trinajstić information content (AvgIpc) is 3.25. The summed E-state index contributed by atoms with van der Waals surface area (Å²) in [6.45, 7) is 8.95. The Balaban J connectivity index is 0.00000312. The molecule has 1 aromatic rings. The predicted molar refractivity (Wildman–Crippen MR) is 117 cm³/mol. The van der Waals surface area contributed by atoms with Crippen molar-refractivity contribution in [1.29, 1.82) is 0 Å². The molecule has 1 aliphatic rings. The molecule has 0 spiro atoms. The van der Waals surface area contributed by atoms with Crippen LogP contribution in [-0.2, 0) is 11.3 Å². The molecule has 25 heavy (non-hydrogen) atoms.